The Morgan fingerprint density at radius 3 is 2.67 bits per heavy atom. The minimum absolute atomic E-state index is 0.0678. The van der Waals surface area contributed by atoms with Crippen molar-refractivity contribution < 1.29 is 23.8 Å². The number of halogens is 1. The Labute approximate surface area is 104 Å². The topological polar surface area (TPSA) is 63.6 Å². The maximum Gasteiger partial charge on any atom is 0.379 e. The van der Waals surface area contributed by atoms with E-state index in [0.29, 0.717) is 11.6 Å². The van der Waals surface area contributed by atoms with Crippen LogP contribution in [0.2, 0.25) is 0 Å². The smallest absolute Gasteiger partial charge is 0.379 e. The standard InChI is InChI=1S/C13H13FO4/c1-3-18-13(17)12(16)7-11(15)9-5-4-8(2)10(14)6-9/h4-7,15H,3H2,1-2H3/b11-7-. The van der Waals surface area contributed by atoms with Gasteiger partial charge >= 0.3 is 5.97 Å². The fourth-order valence-electron chi connectivity index (χ4n) is 1.22. The lowest BCUT2D eigenvalue weighted by Crippen LogP contribution is -2.15. The van der Waals surface area contributed by atoms with Crippen LogP contribution < -0.4 is 0 Å². The maximum absolute atomic E-state index is 13.2. The molecule has 0 fully saturated rings. The first kappa shape index (κ1) is 13.9. The summed E-state index contributed by atoms with van der Waals surface area (Å²) in [7, 11) is 0. The molecule has 0 bridgehead atoms. The first-order valence-corrected chi connectivity index (χ1v) is 5.34. The molecule has 5 heteroatoms. The Hall–Kier alpha value is -2.17. The van der Waals surface area contributed by atoms with Crippen LogP contribution in [0.4, 0.5) is 4.39 Å². The normalized spacial score (nSPS) is 11.2. The highest BCUT2D eigenvalue weighted by molar-refractivity contribution is 6.39. The predicted octanol–water partition coefficient (Wildman–Crippen LogP) is 2.17. The van der Waals surface area contributed by atoms with Crippen molar-refractivity contribution in [3.63, 3.8) is 0 Å². The molecule has 18 heavy (non-hydrogen) atoms. The van der Waals surface area contributed by atoms with Gasteiger partial charge in [-0.05, 0) is 25.5 Å². The van der Waals surface area contributed by atoms with Crippen LogP contribution in [0.25, 0.3) is 5.76 Å². The van der Waals surface area contributed by atoms with Gasteiger partial charge in [-0.3, -0.25) is 4.79 Å². The van der Waals surface area contributed by atoms with Crippen LogP contribution in [0.5, 0.6) is 0 Å². The van der Waals surface area contributed by atoms with Crippen molar-refractivity contribution >= 4 is 17.5 Å². The van der Waals surface area contributed by atoms with Crippen molar-refractivity contribution in [2.45, 2.75) is 13.8 Å². The second kappa shape index (κ2) is 5.95. The second-order valence-corrected chi connectivity index (χ2v) is 3.58. The van der Waals surface area contributed by atoms with Gasteiger partial charge in [0.05, 0.1) is 6.61 Å². The molecule has 1 rings (SSSR count). The van der Waals surface area contributed by atoms with Gasteiger partial charge in [-0.15, -0.1) is 0 Å². The molecule has 4 nitrogen and oxygen atoms in total. The molecule has 0 radical (unpaired) electrons. The highest BCUT2D eigenvalue weighted by atomic mass is 19.1. The number of carbonyl (C=O) groups excluding carboxylic acids is 2. The van der Waals surface area contributed by atoms with Gasteiger partial charge in [0.1, 0.15) is 11.6 Å². The average Bonchev–Trinajstić information content (AvgIpc) is 2.32. The third-order valence-corrected chi connectivity index (χ3v) is 2.21. The van der Waals surface area contributed by atoms with Crippen molar-refractivity contribution in [3.8, 4) is 0 Å². The second-order valence-electron chi connectivity index (χ2n) is 3.58. The van der Waals surface area contributed by atoms with Crippen molar-refractivity contribution in [2.75, 3.05) is 6.61 Å². The van der Waals surface area contributed by atoms with E-state index in [9.17, 15) is 19.1 Å². The van der Waals surface area contributed by atoms with Crippen LogP contribution in [0.3, 0.4) is 0 Å². The quantitative estimate of drug-likeness (QED) is 0.386. The van der Waals surface area contributed by atoms with Gasteiger partial charge in [-0.2, -0.15) is 0 Å². The van der Waals surface area contributed by atoms with Crippen molar-refractivity contribution in [1.82, 2.24) is 0 Å². The largest absolute Gasteiger partial charge is 0.507 e. The van der Waals surface area contributed by atoms with Gasteiger partial charge in [0.15, 0.2) is 0 Å². The summed E-state index contributed by atoms with van der Waals surface area (Å²) in [5, 5.41) is 9.59. The van der Waals surface area contributed by atoms with E-state index < -0.39 is 23.3 Å². The molecular formula is C13H13FO4. The predicted molar refractivity (Wildman–Crippen MR) is 63.4 cm³/mol. The molecule has 0 aliphatic rings. The molecule has 0 saturated heterocycles. The van der Waals surface area contributed by atoms with Crippen molar-refractivity contribution in [2.24, 2.45) is 0 Å². The van der Waals surface area contributed by atoms with Crippen LogP contribution >= 0.6 is 0 Å². The zero-order valence-corrected chi connectivity index (χ0v) is 10.1. The molecule has 0 amide bonds. The van der Waals surface area contributed by atoms with Gasteiger partial charge in [0.2, 0.25) is 0 Å². The number of aliphatic hydroxyl groups excluding tert-OH is 1. The summed E-state index contributed by atoms with van der Waals surface area (Å²) in [6.45, 7) is 3.20. The lowest BCUT2D eigenvalue weighted by Gasteiger charge is -2.02. The molecule has 0 heterocycles. The van der Waals surface area contributed by atoms with E-state index in [0.717, 1.165) is 6.07 Å². The minimum Gasteiger partial charge on any atom is -0.507 e. The number of benzene rings is 1. The van der Waals surface area contributed by atoms with E-state index in [1.54, 1.807) is 13.8 Å². The number of ether oxygens (including phenoxy) is 1. The lowest BCUT2D eigenvalue weighted by atomic mass is 10.1. The van der Waals surface area contributed by atoms with E-state index in [2.05, 4.69) is 4.74 Å². The van der Waals surface area contributed by atoms with E-state index in [-0.39, 0.29) is 12.2 Å². The molecule has 1 aromatic rings. The van der Waals surface area contributed by atoms with Crippen LogP contribution in [0.1, 0.15) is 18.1 Å². The van der Waals surface area contributed by atoms with Crippen LogP contribution in [0.15, 0.2) is 24.3 Å². The molecule has 0 unspecified atom stereocenters. The number of ketones is 1. The molecule has 0 aliphatic carbocycles. The molecule has 0 saturated carbocycles. The number of hydrogen-bond donors (Lipinski definition) is 1. The Bertz CT molecular complexity index is 506. The molecule has 1 N–H and O–H groups in total. The number of esters is 1. The molecular weight excluding hydrogens is 239 g/mol. The number of hydrogen-bond acceptors (Lipinski definition) is 4. The zero-order valence-electron chi connectivity index (χ0n) is 10.1. The first-order chi connectivity index (χ1) is 8.45. The molecule has 1 aromatic carbocycles. The Morgan fingerprint density at radius 2 is 2.11 bits per heavy atom. The van der Waals surface area contributed by atoms with Crippen molar-refractivity contribution in [3.05, 3.63) is 41.2 Å². The molecule has 0 aromatic heterocycles. The summed E-state index contributed by atoms with van der Waals surface area (Å²) < 4.78 is 17.7. The average molecular weight is 252 g/mol. The summed E-state index contributed by atoms with van der Waals surface area (Å²) in [6, 6.07) is 3.99. The maximum atomic E-state index is 13.2. The molecule has 0 spiro atoms. The van der Waals surface area contributed by atoms with Crippen LogP contribution in [-0.4, -0.2) is 23.5 Å². The fourth-order valence-corrected chi connectivity index (χ4v) is 1.22. The Kier molecular flexibility index (Phi) is 4.59. The summed E-state index contributed by atoms with van der Waals surface area (Å²) in [6.07, 6.45) is 0.710. The summed E-state index contributed by atoms with van der Waals surface area (Å²) in [4.78, 5) is 22.3. The minimum atomic E-state index is -1.06. The van der Waals surface area contributed by atoms with E-state index in [1.807, 2.05) is 0 Å². The van der Waals surface area contributed by atoms with E-state index in [4.69, 9.17) is 0 Å². The number of aryl methyl sites for hydroxylation is 1. The molecule has 0 atom stereocenters. The lowest BCUT2D eigenvalue weighted by molar-refractivity contribution is -0.151. The van der Waals surface area contributed by atoms with Gasteiger partial charge in [0.25, 0.3) is 5.78 Å². The van der Waals surface area contributed by atoms with Gasteiger partial charge < -0.3 is 9.84 Å². The third-order valence-electron chi connectivity index (χ3n) is 2.21. The number of carbonyl (C=O) groups is 2. The van der Waals surface area contributed by atoms with E-state index in [1.165, 1.54) is 12.1 Å². The number of aliphatic hydroxyl groups is 1. The Morgan fingerprint density at radius 1 is 1.44 bits per heavy atom. The molecule has 96 valence electrons. The van der Waals surface area contributed by atoms with Crippen LogP contribution in [-0.2, 0) is 14.3 Å². The highest BCUT2D eigenvalue weighted by Crippen LogP contribution is 2.15. The van der Waals surface area contributed by atoms with Gasteiger partial charge in [-0.1, -0.05) is 12.1 Å². The third kappa shape index (κ3) is 3.41. The summed E-state index contributed by atoms with van der Waals surface area (Å²) >= 11 is 0. The Balaban J connectivity index is 2.92. The fraction of sp³-hybridized carbons (Fsp3) is 0.231. The number of rotatable bonds is 4. The van der Waals surface area contributed by atoms with E-state index >= 15 is 0 Å². The first-order valence-electron chi connectivity index (χ1n) is 5.34. The SMILES string of the molecule is CCOC(=O)C(=O)/C=C(\O)c1ccc(C)c(F)c1. The van der Waals surface area contributed by atoms with Gasteiger partial charge in [0, 0.05) is 11.6 Å². The van der Waals surface area contributed by atoms with Crippen molar-refractivity contribution in [1.29, 1.82) is 0 Å². The summed E-state index contributed by atoms with van der Waals surface area (Å²) in [5.41, 5.74) is 0.541. The van der Waals surface area contributed by atoms with Gasteiger partial charge in [-0.25, -0.2) is 9.18 Å². The zero-order chi connectivity index (χ0) is 13.7. The highest BCUT2D eigenvalue weighted by Gasteiger charge is 2.14. The molecule has 0 aliphatic heterocycles. The van der Waals surface area contributed by atoms with Crippen LogP contribution in [0, 0.1) is 12.7 Å². The summed E-state index contributed by atoms with van der Waals surface area (Å²) in [5.74, 6) is -3.03. The monoisotopic (exact) mass is 252 g/mol.